The van der Waals surface area contributed by atoms with Gasteiger partial charge in [0.15, 0.2) is 11.5 Å². The summed E-state index contributed by atoms with van der Waals surface area (Å²) in [6.45, 7) is 4.39. The molecule has 29 heavy (non-hydrogen) atoms. The van der Waals surface area contributed by atoms with Crippen LogP contribution in [-0.4, -0.2) is 37.0 Å². The minimum absolute atomic E-state index is 0.238. The maximum Gasteiger partial charge on any atom is 0.255 e. The van der Waals surface area contributed by atoms with Crippen molar-refractivity contribution in [2.24, 2.45) is 0 Å². The summed E-state index contributed by atoms with van der Waals surface area (Å²) in [7, 11) is 4.74. The van der Waals surface area contributed by atoms with Crippen LogP contribution in [-0.2, 0) is 6.54 Å². The Morgan fingerprint density at radius 1 is 1.00 bits per heavy atom. The Labute approximate surface area is 170 Å². The molecular weight excluding hydrogens is 370 g/mol. The molecule has 1 heterocycles. The third-order valence-corrected chi connectivity index (χ3v) is 4.73. The van der Waals surface area contributed by atoms with Gasteiger partial charge in [-0.05, 0) is 49.7 Å². The number of ether oxygens (including phenoxy) is 3. The van der Waals surface area contributed by atoms with Crippen molar-refractivity contribution in [1.29, 1.82) is 0 Å². The fourth-order valence-corrected chi connectivity index (χ4v) is 3.14. The number of methoxy groups -OCH3 is 3. The van der Waals surface area contributed by atoms with Crippen LogP contribution in [0.4, 0.5) is 5.69 Å². The first-order chi connectivity index (χ1) is 14.0. The van der Waals surface area contributed by atoms with Crippen molar-refractivity contribution in [2.75, 3.05) is 26.6 Å². The second-order valence-electron chi connectivity index (χ2n) is 6.58. The molecule has 3 rings (SSSR count). The molecule has 0 saturated carbocycles. The summed E-state index contributed by atoms with van der Waals surface area (Å²) in [5.74, 6) is 1.63. The smallest absolute Gasteiger partial charge is 0.255 e. The fraction of sp³-hybridized carbons (Fsp3) is 0.273. The summed E-state index contributed by atoms with van der Waals surface area (Å²) in [5.41, 5.74) is 3.86. The van der Waals surface area contributed by atoms with Crippen LogP contribution >= 0.6 is 0 Å². The minimum atomic E-state index is -0.238. The highest BCUT2D eigenvalue weighted by Crippen LogP contribution is 2.28. The van der Waals surface area contributed by atoms with Gasteiger partial charge in [0.05, 0.1) is 44.9 Å². The quantitative estimate of drug-likeness (QED) is 0.658. The van der Waals surface area contributed by atoms with E-state index in [0.717, 1.165) is 22.7 Å². The molecule has 1 aromatic heterocycles. The van der Waals surface area contributed by atoms with Crippen LogP contribution in [0.1, 0.15) is 27.3 Å². The fourth-order valence-electron chi connectivity index (χ4n) is 3.14. The Morgan fingerprint density at radius 3 is 2.45 bits per heavy atom. The largest absolute Gasteiger partial charge is 0.497 e. The molecule has 1 amide bonds. The summed E-state index contributed by atoms with van der Waals surface area (Å²) in [6, 6.07) is 12.9. The Balaban J connectivity index is 1.82. The van der Waals surface area contributed by atoms with Gasteiger partial charge in [-0.1, -0.05) is 12.1 Å². The second-order valence-corrected chi connectivity index (χ2v) is 6.58. The van der Waals surface area contributed by atoms with E-state index in [0.29, 0.717) is 29.3 Å². The summed E-state index contributed by atoms with van der Waals surface area (Å²) in [5, 5.41) is 7.55. The van der Waals surface area contributed by atoms with Crippen molar-refractivity contribution in [2.45, 2.75) is 20.4 Å². The van der Waals surface area contributed by atoms with Crippen LogP contribution < -0.4 is 19.5 Å². The zero-order valence-corrected chi connectivity index (χ0v) is 17.3. The molecule has 7 heteroatoms. The first-order valence-electron chi connectivity index (χ1n) is 9.17. The minimum Gasteiger partial charge on any atom is -0.497 e. The summed E-state index contributed by atoms with van der Waals surface area (Å²) < 4.78 is 17.7. The molecule has 1 N–H and O–H groups in total. The van der Waals surface area contributed by atoms with E-state index < -0.39 is 0 Å². The number of benzene rings is 2. The SMILES string of the molecule is COc1cccc(Cn2nc(C)c(NC(=O)c3ccc(OC)c(OC)c3)c2C)c1. The van der Waals surface area contributed by atoms with Crippen LogP contribution in [0.5, 0.6) is 17.2 Å². The van der Waals surface area contributed by atoms with Crippen molar-refractivity contribution in [1.82, 2.24) is 9.78 Å². The van der Waals surface area contributed by atoms with Crippen LogP contribution in [0.15, 0.2) is 42.5 Å². The second kappa shape index (κ2) is 8.68. The number of amides is 1. The van der Waals surface area contributed by atoms with Gasteiger partial charge in [0, 0.05) is 5.56 Å². The van der Waals surface area contributed by atoms with E-state index in [1.165, 1.54) is 7.11 Å². The average Bonchev–Trinajstić information content (AvgIpc) is 3.00. The number of hydrogen-bond acceptors (Lipinski definition) is 5. The molecule has 0 unspecified atom stereocenters. The first-order valence-corrected chi connectivity index (χ1v) is 9.17. The average molecular weight is 395 g/mol. The van der Waals surface area contributed by atoms with E-state index in [1.807, 2.05) is 42.8 Å². The van der Waals surface area contributed by atoms with E-state index in [4.69, 9.17) is 14.2 Å². The van der Waals surface area contributed by atoms with E-state index >= 15 is 0 Å². The Hall–Kier alpha value is -3.48. The number of nitrogens with one attached hydrogen (secondary N) is 1. The zero-order valence-electron chi connectivity index (χ0n) is 17.3. The number of rotatable bonds is 7. The predicted octanol–water partition coefficient (Wildman–Crippen LogP) is 3.83. The molecule has 0 aliphatic heterocycles. The molecule has 3 aromatic rings. The Kier molecular flexibility index (Phi) is 6.07. The number of carbonyl (C=O) groups is 1. The third-order valence-electron chi connectivity index (χ3n) is 4.73. The number of aromatic nitrogens is 2. The summed E-state index contributed by atoms with van der Waals surface area (Å²) in [6.07, 6.45) is 0. The molecule has 0 aliphatic rings. The van der Waals surface area contributed by atoms with E-state index in [2.05, 4.69) is 10.4 Å². The predicted molar refractivity (Wildman–Crippen MR) is 111 cm³/mol. The van der Waals surface area contributed by atoms with E-state index in [1.54, 1.807) is 32.4 Å². The standard InChI is InChI=1S/C22H25N3O4/c1-14-21(23-22(26)17-9-10-19(28-4)20(12-17)29-5)15(2)25(24-14)13-16-7-6-8-18(11-16)27-3/h6-12H,13H2,1-5H3,(H,23,26). The molecule has 0 bridgehead atoms. The van der Waals surface area contributed by atoms with Gasteiger partial charge in [0.25, 0.3) is 5.91 Å². The highest BCUT2D eigenvalue weighted by atomic mass is 16.5. The number of nitrogens with zero attached hydrogens (tertiary/aromatic N) is 2. The number of aryl methyl sites for hydroxylation is 1. The Morgan fingerprint density at radius 2 is 1.76 bits per heavy atom. The normalized spacial score (nSPS) is 10.5. The highest BCUT2D eigenvalue weighted by Gasteiger charge is 2.17. The molecule has 2 aromatic carbocycles. The lowest BCUT2D eigenvalue weighted by atomic mass is 10.1. The van der Waals surface area contributed by atoms with Crippen LogP contribution in [0.2, 0.25) is 0 Å². The maximum atomic E-state index is 12.8. The number of carbonyl (C=O) groups excluding carboxylic acids is 1. The van der Waals surface area contributed by atoms with Crippen LogP contribution in [0.3, 0.4) is 0 Å². The summed E-state index contributed by atoms with van der Waals surface area (Å²) in [4.78, 5) is 12.8. The zero-order chi connectivity index (χ0) is 21.0. The lowest BCUT2D eigenvalue weighted by molar-refractivity contribution is 0.102. The first kappa shape index (κ1) is 20.3. The molecule has 0 spiro atoms. The van der Waals surface area contributed by atoms with Gasteiger partial charge < -0.3 is 19.5 Å². The van der Waals surface area contributed by atoms with E-state index in [-0.39, 0.29) is 5.91 Å². The van der Waals surface area contributed by atoms with Crippen molar-refractivity contribution in [3.8, 4) is 17.2 Å². The van der Waals surface area contributed by atoms with Gasteiger partial charge in [0.1, 0.15) is 5.75 Å². The maximum absolute atomic E-state index is 12.8. The lowest BCUT2D eigenvalue weighted by Gasteiger charge is -2.11. The van der Waals surface area contributed by atoms with Crippen LogP contribution in [0, 0.1) is 13.8 Å². The van der Waals surface area contributed by atoms with Crippen molar-refractivity contribution in [3.63, 3.8) is 0 Å². The van der Waals surface area contributed by atoms with Crippen LogP contribution in [0.25, 0.3) is 0 Å². The number of hydrogen-bond donors (Lipinski definition) is 1. The molecule has 0 saturated heterocycles. The highest BCUT2D eigenvalue weighted by molar-refractivity contribution is 6.05. The van der Waals surface area contributed by atoms with Gasteiger partial charge in [-0.3, -0.25) is 9.48 Å². The van der Waals surface area contributed by atoms with Gasteiger partial charge in [0.2, 0.25) is 0 Å². The number of anilines is 1. The topological polar surface area (TPSA) is 74.6 Å². The van der Waals surface area contributed by atoms with Crippen molar-refractivity contribution < 1.29 is 19.0 Å². The molecule has 7 nitrogen and oxygen atoms in total. The molecule has 0 aliphatic carbocycles. The lowest BCUT2D eigenvalue weighted by Crippen LogP contribution is -2.13. The third kappa shape index (κ3) is 4.34. The van der Waals surface area contributed by atoms with Gasteiger partial charge >= 0.3 is 0 Å². The summed E-state index contributed by atoms with van der Waals surface area (Å²) >= 11 is 0. The van der Waals surface area contributed by atoms with Gasteiger partial charge in [-0.15, -0.1) is 0 Å². The van der Waals surface area contributed by atoms with E-state index in [9.17, 15) is 4.79 Å². The molecule has 0 fully saturated rings. The molecule has 0 atom stereocenters. The molecular formula is C22H25N3O4. The Bertz CT molecular complexity index is 1030. The van der Waals surface area contributed by atoms with Crippen molar-refractivity contribution >= 4 is 11.6 Å². The molecule has 0 radical (unpaired) electrons. The van der Waals surface area contributed by atoms with Gasteiger partial charge in [-0.2, -0.15) is 5.10 Å². The van der Waals surface area contributed by atoms with Crippen molar-refractivity contribution in [3.05, 3.63) is 65.0 Å². The monoisotopic (exact) mass is 395 g/mol. The van der Waals surface area contributed by atoms with Gasteiger partial charge in [-0.25, -0.2) is 0 Å². The molecule has 152 valence electrons.